The molecule has 1 unspecified atom stereocenters. The second kappa shape index (κ2) is 9.72. The Labute approximate surface area is 207 Å². The summed E-state index contributed by atoms with van der Waals surface area (Å²) >= 11 is 6.02. The number of hydrogen-bond acceptors (Lipinski definition) is 6. The highest BCUT2D eigenvalue weighted by atomic mass is 35.5. The molecule has 1 saturated heterocycles. The first-order chi connectivity index (χ1) is 16.7. The lowest BCUT2D eigenvalue weighted by atomic mass is 9.94. The van der Waals surface area contributed by atoms with Crippen molar-refractivity contribution < 1.29 is 29.3 Å². The minimum Gasteiger partial charge on any atom is -0.507 e. The van der Waals surface area contributed by atoms with E-state index >= 15 is 0 Å². The zero-order valence-corrected chi connectivity index (χ0v) is 20.1. The predicted molar refractivity (Wildman–Crippen MR) is 133 cm³/mol. The molecule has 1 fully saturated rings. The van der Waals surface area contributed by atoms with E-state index in [0.717, 1.165) is 0 Å². The van der Waals surface area contributed by atoms with E-state index in [2.05, 4.69) is 0 Å². The number of anilines is 1. The average Bonchev–Trinajstić information content (AvgIpc) is 3.09. The quantitative estimate of drug-likeness (QED) is 0.268. The van der Waals surface area contributed by atoms with Crippen molar-refractivity contribution in [3.05, 3.63) is 88.5 Å². The van der Waals surface area contributed by atoms with Gasteiger partial charge >= 0.3 is 0 Å². The maximum Gasteiger partial charge on any atom is 0.300 e. The van der Waals surface area contributed by atoms with Crippen molar-refractivity contribution in [2.45, 2.75) is 26.0 Å². The van der Waals surface area contributed by atoms with Gasteiger partial charge < -0.3 is 19.7 Å². The van der Waals surface area contributed by atoms with Crippen LogP contribution in [-0.2, 0) is 9.59 Å². The molecule has 0 aliphatic carbocycles. The van der Waals surface area contributed by atoms with E-state index < -0.39 is 17.7 Å². The number of methoxy groups -OCH3 is 1. The van der Waals surface area contributed by atoms with Crippen LogP contribution >= 0.6 is 11.6 Å². The molecule has 3 aromatic carbocycles. The highest BCUT2D eigenvalue weighted by Crippen LogP contribution is 2.44. The number of ketones is 1. The third-order valence-electron chi connectivity index (χ3n) is 5.55. The summed E-state index contributed by atoms with van der Waals surface area (Å²) in [5.41, 5.74) is 1.03. The van der Waals surface area contributed by atoms with Crippen molar-refractivity contribution in [1.29, 1.82) is 0 Å². The summed E-state index contributed by atoms with van der Waals surface area (Å²) in [6.07, 6.45) is -0.0924. The number of ether oxygens (including phenoxy) is 2. The maximum absolute atomic E-state index is 13.3. The lowest BCUT2D eigenvalue weighted by Gasteiger charge is -2.26. The summed E-state index contributed by atoms with van der Waals surface area (Å²) in [5.74, 6) is -1.45. The molecule has 35 heavy (non-hydrogen) atoms. The Morgan fingerprint density at radius 2 is 1.74 bits per heavy atom. The second-order valence-corrected chi connectivity index (χ2v) is 8.71. The van der Waals surface area contributed by atoms with Crippen LogP contribution in [0.4, 0.5) is 5.69 Å². The number of phenols is 1. The van der Waals surface area contributed by atoms with Gasteiger partial charge in [-0.25, -0.2) is 0 Å². The number of carbonyl (C=O) groups excluding carboxylic acids is 2. The Balaban J connectivity index is 1.92. The maximum atomic E-state index is 13.3. The fourth-order valence-electron chi connectivity index (χ4n) is 4.04. The van der Waals surface area contributed by atoms with Gasteiger partial charge in [-0.15, -0.1) is 0 Å². The first-order valence-electron chi connectivity index (χ1n) is 10.9. The molecule has 0 aromatic heterocycles. The number of halogens is 1. The molecule has 4 rings (SSSR count). The van der Waals surface area contributed by atoms with Crippen LogP contribution in [0.3, 0.4) is 0 Å². The van der Waals surface area contributed by atoms with Crippen molar-refractivity contribution in [2.75, 3.05) is 12.0 Å². The molecule has 2 N–H and O–H groups in total. The zero-order valence-electron chi connectivity index (χ0n) is 19.4. The standard InChI is InChI=1S/C27H24ClNO6/c1-15(2)35-20-6-4-5-17(13-20)25(31)23-24(16-7-12-22(34-3)21(30)14-16)29(27(33)26(23)32)19-10-8-18(28)9-11-19/h4-15,24,30-31H,1-3H3/b25-23-. The van der Waals surface area contributed by atoms with Crippen LogP contribution in [0.2, 0.25) is 5.02 Å². The van der Waals surface area contributed by atoms with Gasteiger partial charge in [-0.2, -0.15) is 0 Å². The molecule has 3 aromatic rings. The Morgan fingerprint density at radius 3 is 2.37 bits per heavy atom. The van der Waals surface area contributed by atoms with E-state index in [9.17, 15) is 19.8 Å². The highest BCUT2D eigenvalue weighted by Gasteiger charge is 2.47. The number of rotatable bonds is 6. The average molecular weight is 494 g/mol. The van der Waals surface area contributed by atoms with Gasteiger partial charge in [0.2, 0.25) is 0 Å². The molecular formula is C27H24ClNO6. The van der Waals surface area contributed by atoms with Gasteiger partial charge in [0.05, 0.1) is 24.8 Å². The first kappa shape index (κ1) is 24.2. The number of amides is 1. The van der Waals surface area contributed by atoms with Crippen LogP contribution in [0.15, 0.2) is 72.3 Å². The molecular weight excluding hydrogens is 470 g/mol. The smallest absolute Gasteiger partial charge is 0.300 e. The van der Waals surface area contributed by atoms with E-state index in [4.69, 9.17) is 21.1 Å². The summed E-state index contributed by atoms with van der Waals surface area (Å²) in [6, 6.07) is 16.6. The topological polar surface area (TPSA) is 96.3 Å². The molecule has 8 heteroatoms. The molecule has 1 atom stereocenters. The van der Waals surface area contributed by atoms with Gasteiger partial charge in [-0.3, -0.25) is 14.5 Å². The number of benzene rings is 3. The van der Waals surface area contributed by atoms with Gasteiger partial charge in [0.1, 0.15) is 11.5 Å². The van der Waals surface area contributed by atoms with E-state index in [1.54, 1.807) is 54.6 Å². The molecule has 1 heterocycles. The van der Waals surface area contributed by atoms with Crippen LogP contribution in [0.5, 0.6) is 17.2 Å². The van der Waals surface area contributed by atoms with Gasteiger partial charge in [0, 0.05) is 16.3 Å². The SMILES string of the molecule is COc1ccc(C2/C(=C(/O)c3cccc(OC(C)C)c3)C(=O)C(=O)N2c2ccc(Cl)cc2)cc1O. The third-order valence-corrected chi connectivity index (χ3v) is 5.80. The number of Topliss-reactive ketones (excluding diaryl/α,β-unsaturated/α-hetero) is 1. The van der Waals surface area contributed by atoms with Crippen LogP contribution < -0.4 is 14.4 Å². The number of carbonyl (C=O) groups is 2. The molecule has 0 spiro atoms. The first-order valence-corrected chi connectivity index (χ1v) is 11.3. The third kappa shape index (κ3) is 4.68. The van der Waals surface area contributed by atoms with Crippen molar-refractivity contribution in [1.82, 2.24) is 0 Å². The molecule has 1 aliphatic heterocycles. The largest absolute Gasteiger partial charge is 0.507 e. The molecule has 0 radical (unpaired) electrons. The van der Waals surface area contributed by atoms with Crippen LogP contribution in [0.1, 0.15) is 31.0 Å². The summed E-state index contributed by atoms with van der Waals surface area (Å²) in [5, 5.41) is 22.2. The molecule has 180 valence electrons. The van der Waals surface area contributed by atoms with Gasteiger partial charge in [-0.05, 0) is 67.9 Å². The Morgan fingerprint density at radius 1 is 1.03 bits per heavy atom. The van der Waals surface area contributed by atoms with E-state index in [0.29, 0.717) is 27.6 Å². The summed E-state index contributed by atoms with van der Waals surface area (Å²) in [6.45, 7) is 3.75. The molecule has 1 amide bonds. The Kier molecular flexibility index (Phi) is 6.71. The number of nitrogens with zero attached hydrogens (tertiary/aromatic N) is 1. The van der Waals surface area contributed by atoms with E-state index in [-0.39, 0.29) is 28.9 Å². The summed E-state index contributed by atoms with van der Waals surface area (Å²) in [4.78, 5) is 27.8. The van der Waals surface area contributed by atoms with Crippen LogP contribution in [-0.4, -0.2) is 35.1 Å². The van der Waals surface area contributed by atoms with Crippen molar-refractivity contribution in [2.24, 2.45) is 0 Å². The second-order valence-electron chi connectivity index (χ2n) is 8.27. The molecule has 0 saturated carbocycles. The van der Waals surface area contributed by atoms with Crippen molar-refractivity contribution in [3.8, 4) is 17.2 Å². The lowest BCUT2D eigenvalue weighted by Crippen LogP contribution is -2.29. The van der Waals surface area contributed by atoms with Crippen molar-refractivity contribution >= 4 is 34.7 Å². The number of aliphatic hydroxyl groups is 1. The number of aromatic hydroxyl groups is 1. The number of hydrogen-bond donors (Lipinski definition) is 2. The van der Waals surface area contributed by atoms with Crippen LogP contribution in [0, 0.1) is 0 Å². The highest BCUT2D eigenvalue weighted by molar-refractivity contribution is 6.51. The predicted octanol–water partition coefficient (Wildman–Crippen LogP) is 5.47. The van der Waals surface area contributed by atoms with E-state index in [1.807, 2.05) is 13.8 Å². The van der Waals surface area contributed by atoms with E-state index in [1.165, 1.54) is 24.1 Å². The minimum absolute atomic E-state index is 0.0924. The van der Waals surface area contributed by atoms with Crippen LogP contribution in [0.25, 0.3) is 5.76 Å². The summed E-state index contributed by atoms with van der Waals surface area (Å²) in [7, 11) is 1.42. The lowest BCUT2D eigenvalue weighted by molar-refractivity contribution is -0.132. The van der Waals surface area contributed by atoms with Crippen molar-refractivity contribution in [3.63, 3.8) is 0 Å². The molecule has 7 nitrogen and oxygen atoms in total. The van der Waals surface area contributed by atoms with Gasteiger partial charge in [0.15, 0.2) is 11.5 Å². The number of aliphatic hydroxyl groups excluding tert-OH is 1. The molecule has 1 aliphatic rings. The molecule has 0 bridgehead atoms. The Hall–Kier alpha value is -3.97. The Bertz CT molecular complexity index is 1320. The fraction of sp³-hybridized carbons (Fsp3) is 0.185. The zero-order chi connectivity index (χ0) is 25.3. The number of phenolic OH excluding ortho intramolecular Hbond substituents is 1. The minimum atomic E-state index is -1.01. The normalized spacial score (nSPS) is 17.2. The fourth-order valence-corrected chi connectivity index (χ4v) is 4.16. The van der Waals surface area contributed by atoms with Gasteiger partial charge in [0.25, 0.3) is 11.7 Å². The van der Waals surface area contributed by atoms with Gasteiger partial charge in [-0.1, -0.05) is 29.8 Å². The summed E-state index contributed by atoms with van der Waals surface area (Å²) < 4.78 is 10.8. The monoisotopic (exact) mass is 493 g/mol.